The molecule has 8 heteroatoms. The predicted molar refractivity (Wildman–Crippen MR) is 136 cm³/mol. The van der Waals surface area contributed by atoms with Gasteiger partial charge in [-0.05, 0) is 64.5 Å². The van der Waals surface area contributed by atoms with Crippen LogP contribution in [0, 0.1) is 18.3 Å². The number of aryl methyl sites for hydroxylation is 1. The van der Waals surface area contributed by atoms with E-state index in [1.807, 2.05) is 39.0 Å². The lowest BCUT2D eigenvalue weighted by Gasteiger charge is -2.28. The number of pyridine rings is 1. The van der Waals surface area contributed by atoms with E-state index in [2.05, 4.69) is 24.8 Å². The highest BCUT2D eigenvalue weighted by Crippen LogP contribution is 2.42. The van der Waals surface area contributed by atoms with Gasteiger partial charge in [-0.2, -0.15) is 5.26 Å². The van der Waals surface area contributed by atoms with Gasteiger partial charge in [0, 0.05) is 18.3 Å². The van der Waals surface area contributed by atoms with Crippen LogP contribution in [0.4, 0.5) is 0 Å². The van der Waals surface area contributed by atoms with Gasteiger partial charge >= 0.3 is 0 Å². The molecule has 0 fully saturated rings. The molecule has 0 aliphatic carbocycles. The van der Waals surface area contributed by atoms with Crippen LogP contribution in [0.5, 0.6) is 17.2 Å². The van der Waals surface area contributed by atoms with Gasteiger partial charge in [0.05, 0.1) is 24.7 Å². The molecule has 0 saturated heterocycles. The van der Waals surface area contributed by atoms with E-state index in [9.17, 15) is 10.1 Å². The molecule has 0 spiro atoms. The summed E-state index contributed by atoms with van der Waals surface area (Å²) in [5, 5.41) is 9.96. The minimum atomic E-state index is -0.666. The molecule has 1 aliphatic heterocycles. The molecular weight excluding hydrogens is 444 g/mol. The Hall–Kier alpha value is -3.44. The zero-order valence-corrected chi connectivity index (χ0v) is 21.4. The Morgan fingerprint density at radius 3 is 2.43 bits per heavy atom. The van der Waals surface area contributed by atoms with Crippen LogP contribution in [0.1, 0.15) is 56.9 Å². The number of allylic oxidation sites excluding steroid dienone is 1. The van der Waals surface area contributed by atoms with E-state index in [4.69, 9.17) is 19.9 Å². The molecule has 0 bridgehead atoms. The Morgan fingerprint density at radius 2 is 1.80 bits per heavy atom. The average Bonchev–Trinajstić information content (AvgIpc) is 2.84. The molecule has 0 unspecified atom stereocenters. The first kappa shape index (κ1) is 26.2. The Balaban J connectivity index is 2.11. The number of benzene rings is 1. The van der Waals surface area contributed by atoms with Gasteiger partial charge in [0.2, 0.25) is 5.88 Å². The Morgan fingerprint density at radius 1 is 1.11 bits per heavy atom. The van der Waals surface area contributed by atoms with Crippen molar-refractivity contribution < 1.29 is 14.2 Å². The molecular formula is C27H36N4O4. The molecule has 0 amide bonds. The number of hydrogen-bond donors (Lipinski definition) is 1. The van der Waals surface area contributed by atoms with E-state index in [-0.39, 0.29) is 17.0 Å². The zero-order valence-electron chi connectivity index (χ0n) is 21.4. The van der Waals surface area contributed by atoms with E-state index in [1.165, 1.54) is 0 Å². The molecule has 1 aliphatic rings. The third-order valence-electron chi connectivity index (χ3n) is 6.34. The number of fused-ring (bicyclic) bond motifs is 1. The van der Waals surface area contributed by atoms with Crippen molar-refractivity contribution in [1.29, 1.82) is 5.26 Å². The third kappa shape index (κ3) is 5.46. The summed E-state index contributed by atoms with van der Waals surface area (Å²) in [6.07, 6.45) is 0.841. The van der Waals surface area contributed by atoms with Crippen molar-refractivity contribution >= 4 is 0 Å². The van der Waals surface area contributed by atoms with Gasteiger partial charge in [-0.25, -0.2) is 0 Å². The van der Waals surface area contributed by atoms with Crippen molar-refractivity contribution in [1.82, 2.24) is 9.47 Å². The Bertz CT molecular complexity index is 1170. The second-order valence-corrected chi connectivity index (χ2v) is 8.40. The molecule has 0 saturated carbocycles. The molecule has 1 aromatic carbocycles. The summed E-state index contributed by atoms with van der Waals surface area (Å²) in [4.78, 5) is 16.2. The molecule has 2 N–H and O–H groups in total. The second kappa shape index (κ2) is 11.8. The molecule has 0 radical (unpaired) electrons. The number of aromatic nitrogens is 1. The maximum atomic E-state index is 13.8. The monoisotopic (exact) mass is 480 g/mol. The highest BCUT2D eigenvalue weighted by molar-refractivity contribution is 5.57. The molecule has 1 aromatic heterocycles. The normalized spacial score (nSPS) is 14.9. The predicted octanol–water partition coefficient (Wildman–Crippen LogP) is 3.90. The highest BCUT2D eigenvalue weighted by Gasteiger charge is 2.35. The first-order valence-electron chi connectivity index (χ1n) is 12.3. The van der Waals surface area contributed by atoms with Gasteiger partial charge in [0.25, 0.3) is 5.56 Å². The number of ether oxygens (including phenoxy) is 3. The second-order valence-electron chi connectivity index (χ2n) is 8.40. The summed E-state index contributed by atoms with van der Waals surface area (Å²) in [5.41, 5.74) is 8.12. The number of hydrogen-bond acceptors (Lipinski definition) is 7. The number of nitrogens with zero attached hydrogens (tertiary/aromatic N) is 3. The lowest BCUT2D eigenvalue weighted by Crippen LogP contribution is -2.33. The molecule has 2 aromatic rings. The fraction of sp³-hybridized carbons (Fsp3) is 0.481. The standard InChI is InChI=1S/C27H36N4O4/c1-6-30(7-2)13-10-14-31-18(5)15-23-25(27(31)32)24(20(17-28)26(29)35-23)19-11-12-21(33-8-3)22(16-19)34-9-4/h11-12,15-16,24H,6-10,13-14,29H2,1-5H3/t24-/m1/s1. The Labute approximate surface area is 207 Å². The maximum absolute atomic E-state index is 13.8. The summed E-state index contributed by atoms with van der Waals surface area (Å²) in [7, 11) is 0. The molecule has 188 valence electrons. The first-order valence-corrected chi connectivity index (χ1v) is 12.3. The van der Waals surface area contributed by atoms with Gasteiger partial charge in [-0.1, -0.05) is 19.9 Å². The molecule has 3 rings (SSSR count). The highest BCUT2D eigenvalue weighted by atomic mass is 16.5. The van der Waals surface area contributed by atoms with E-state index >= 15 is 0 Å². The van der Waals surface area contributed by atoms with Gasteiger partial charge in [-0.3, -0.25) is 4.79 Å². The van der Waals surface area contributed by atoms with Crippen molar-refractivity contribution in [3.63, 3.8) is 0 Å². The summed E-state index contributed by atoms with van der Waals surface area (Å²) >= 11 is 0. The zero-order chi connectivity index (χ0) is 25.5. The van der Waals surface area contributed by atoms with Crippen LogP contribution in [0.25, 0.3) is 0 Å². The lowest BCUT2D eigenvalue weighted by atomic mass is 9.84. The van der Waals surface area contributed by atoms with Crippen LogP contribution in [0.2, 0.25) is 0 Å². The fourth-order valence-corrected chi connectivity index (χ4v) is 4.54. The van der Waals surface area contributed by atoms with Gasteiger partial charge < -0.3 is 29.4 Å². The summed E-state index contributed by atoms with van der Waals surface area (Å²) in [5.74, 6) is 0.900. The summed E-state index contributed by atoms with van der Waals surface area (Å²) in [6.45, 7) is 14.3. The van der Waals surface area contributed by atoms with Crippen LogP contribution in [-0.2, 0) is 6.54 Å². The topological polar surface area (TPSA) is 103 Å². The molecule has 2 heterocycles. The van der Waals surface area contributed by atoms with Crippen molar-refractivity contribution in [2.45, 2.75) is 53.5 Å². The quantitative estimate of drug-likeness (QED) is 0.520. The van der Waals surface area contributed by atoms with Crippen LogP contribution in [-0.4, -0.2) is 42.3 Å². The Kier molecular flexibility index (Phi) is 8.83. The van der Waals surface area contributed by atoms with Crippen molar-refractivity contribution in [3.05, 3.63) is 62.9 Å². The number of nitriles is 1. The van der Waals surface area contributed by atoms with E-state index in [0.717, 1.165) is 37.3 Å². The summed E-state index contributed by atoms with van der Waals surface area (Å²) in [6, 6.07) is 9.48. The maximum Gasteiger partial charge on any atom is 0.258 e. The van der Waals surface area contributed by atoms with Crippen molar-refractivity contribution in [3.8, 4) is 23.3 Å². The fourth-order valence-electron chi connectivity index (χ4n) is 4.54. The van der Waals surface area contributed by atoms with E-state index in [0.29, 0.717) is 42.6 Å². The van der Waals surface area contributed by atoms with Crippen LogP contribution < -0.4 is 25.5 Å². The van der Waals surface area contributed by atoms with Crippen LogP contribution in [0.3, 0.4) is 0 Å². The van der Waals surface area contributed by atoms with Crippen molar-refractivity contribution in [2.75, 3.05) is 32.8 Å². The van der Waals surface area contributed by atoms with E-state index < -0.39 is 5.92 Å². The van der Waals surface area contributed by atoms with E-state index in [1.54, 1.807) is 10.6 Å². The minimum Gasteiger partial charge on any atom is -0.490 e. The molecule has 1 atom stereocenters. The van der Waals surface area contributed by atoms with Crippen LogP contribution in [0.15, 0.2) is 40.5 Å². The van der Waals surface area contributed by atoms with Gasteiger partial charge in [0.15, 0.2) is 11.5 Å². The van der Waals surface area contributed by atoms with Gasteiger partial charge in [-0.15, -0.1) is 0 Å². The average molecular weight is 481 g/mol. The minimum absolute atomic E-state index is 0.00919. The molecule has 35 heavy (non-hydrogen) atoms. The smallest absolute Gasteiger partial charge is 0.258 e. The summed E-state index contributed by atoms with van der Waals surface area (Å²) < 4.78 is 19.0. The van der Waals surface area contributed by atoms with Gasteiger partial charge in [0.1, 0.15) is 17.4 Å². The SMILES string of the molecule is CCOc1ccc([C@@H]2C(C#N)=C(N)Oc3cc(C)n(CCCN(CC)CC)c(=O)c32)cc1OCC. The largest absolute Gasteiger partial charge is 0.490 e. The van der Waals surface area contributed by atoms with Crippen molar-refractivity contribution in [2.24, 2.45) is 5.73 Å². The third-order valence-corrected chi connectivity index (χ3v) is 6.34. The number of nitrogens with two attached hydrogens (primary N) is 1. The van der Waals surface area contributed by atoms with Crippen LogP contribution >= 0.6 is 0 Å². The molecule has 8 nitrogen and oxygen atoms in total. The number of rotatable bonds is 11. The lowest BCUT2D eigenvalue weighted by molar-refractivity contribution is 0.287. The first-order chi connectivity index (χ1) is 16.9.